The van der Waals surface area contributed by atoms with Gasteiger partial charge in [0.15, 0.2) is 0 Å². The molecule has 1 aliphatic carbocycles. The number of halogens is 2. The quantitative estimate of drug-likeness (QED) is 0.481. The Kier molecular flexibility index (Phi) is 9.54. The van der Waals surface area contributed by atoms with Gasteiger partial charge in [0, 0.05) is 12.4 Å². The molecule has 4 heteroatoms. The Balaban J connectivity index is 0.000000463. The number of nitrogens with zero attached hydrogens (tertiary/aromatic N) is 1. The molecular formula is C20H19F2NZr. The first kappa shape index (κ1) is 22.3. The first-order valence-electron chi connectivity index (χ1n) is 7.27. The molecule has 0 aliphatic heterocycles. The summed E-state index contributed by atoms with van der Waals surface area (Å²) in [4.78, 5) is 0. The summed E-state index contributed by atoms with van der Waals surface area (Å²) in [5.41, 5.74) is 3.94. The van der Waals surface area contributed by atoms with E-state index in [2.05, 4.69) is 79.4 Å². The number of allylic oxidation sites excluding steroid dienone is 4. The van der Waals surface area contributed by atoms with Gasteiger partial charge < -0.3 is 14.0 Å². The third-order valence-corrected chi connectivity index (χ3v) is 3.87. The van der Waals surface area contributed by atoms with E-state index in [0.717, 1.165) is 6.42 Å². The largest absolute Gasteiger partial charge is 4.00 e. The molecule has 4 rings (SSSR count). The van der Waals surface area contributed by atoms with Crippen LogP contribution < -0.4 is 9.41 Å². The summed E-state index contributed by atoms with van der Waals surface area (Å²) >= 11 is 0. The molecule has 1 heterocycles. The van der Waals surface area contributed by atoms with Crippen LogP contribution in [0.3, 0.4) is 0 Å². The van der Waals surface area contributed by atoms with E-state index in [1.165, 1.54) is 27.6 Å². The fourth-order valence-electron chi connectivity index (χ4n) is 2.44. The van der Waals surface area contributed by atoms with Crippen molar-refractivity contribution in [1.82, 2.24) is 4.57 Å². The van der Waals surface area contributed by atoms with Gasteiger partial charge in [0.05, 0.1) is 0 Å². The van der Waals surface area contributed by atoms with E-state index in [-0.39, 0.29) is 35.6 Å². The second-order valence-electron chi connectivity index (χ2n) is 5.33. The van der Waals surface area contributed by atoms with Crippen LogP contribution in [0.15, 0.2) is 78.1 Å². The molecule has 0 fully saturated rings. The molecule has 1 aromatic heterocycles. The van der Waals surface area contributed by atoms with Crippen molar-refractivity contribution in [2.45, 2.75) is 20.3 Å². The van der Waals surface area contributed by atoms with Crippen LogP contribution in [0.1, 0.15) is 20.3 Å². The third-order valence-electron chi connectivity index (χ3n) is 3.87. The van der Waals surface area contributed by atoms with E-state index in [4.69, 9.17) is 0 Å². The molecule has 2 aromatic carbocycles. The molecule has 1 nitrogen and oxygen atoms in total. The second kappa shape index (κ2) is 10.3. The Hall–Kier alpha value is -1.67. The predicted octanol–water partition coefficient (Wildman–Crippen LogP) is -0.559. The molecule has 0 unspecified atom stereocenters. The number of fused-ring (bicyclic) bond motifs is 1. The van der Waals surface area contributed by atoms with E-state index in [9.17, 15) is 0 Å². The second-order valence-corrected chi connectivity index (χ2v) is 5.33. The third kappa shape index (κ3) is 5.17. The van der Waals surface area contributed by atoms with Crippen LogP contribution in [-0.4, -0.2) is 4.57 Å². The van der Waals surface area contributed by atoms with Crippen molar-refractivity contribution in [3.05, 3.63) is 84.2 Å². The van der Waals surface area contributed by atoms with Crippen molar-refractivity contribution < 1.29 is 35.6 Å². The van der Waals surface area contributed by atoms with Gasteiger partial charge in [-0.3, -0.25) is 6.08 Å². The molecule has 0 saturated carbocycles. The Bertz CT molecular complexity index is 749. The van der Waals surface area contributed by atoms with Crippen LogP contribution >= 0.6 is 0 Å². The molecule has 0 atom stereocenters. The molecule has 122 valence electrons. The summed E-state index contributed by atoms with van der Waals surface area (Å²) in [6.45, 7) is 4.22. The average Bonchev–Trinajstić information content (AvgIpc) is 3.21. The van der Waals surface area contributed by atoms with Crippen molar-refractivity contribution in [2.24, 2.45) is 0 Å². The van der Waals surface area contributed by atoms with Gasteiger partial charge in [-0.2, -0.15) is 6.08 Å². The summed E-state index contributed by atoms with van der Waals surface area (Å²) in [6.07, 6.45) is 10.5. The van der Waals surface area contributed by atoms with Crippen LogP contribution in [0.4, 0.5) is 0 Å². The standard InChI is InChI=1S/C13H10N.C7H9.2FH.Zr/c1-2-6-12-10-13(9-11(12)5-1)14-7-3-4-8-14;1-6-4-3-5-7(6)2;;;/h1-10H;4H,3H2,1-2H3;2*1H;/q2*-1;;;+4/p-2. The summed E-state index contributed by atoms with van der Waals surface area (Å²) in [6, 6.07) is 16.9. The van der Waals surface area contributed by atoms with Crippen molar-refractivity contribution >= 4 is 10.8 Å². The molecule has 24 heavy (non-hydrogen) atoms. The van der Waals surface area contributed by atoms with Crippen LogP contribution in [0, 0.1) is 6.08 Å². The van der Waals surface area contributed by atoms with Crippen molar-refractivity contribution in [1.29, 1.82) is 0 Å². The van der Waals surface area contributed by atoms with Crippen molar-refractivity contribution in [3.63, 3.8) is 0 Å². The molecule has 0 saturated heterocycles. The Labute approximate surface area is 160 Å². The smallest absolute Gasteiger partial charge is 1.00 e. The number of aromatic nitrogens is 1. The van der Waals surface area contributed by atoms with Crippen LogP contribution in [0.25, 0.3) is 16.5 Å². The Morgan fingerprint density at radius 2 is 1.67 bits per heavy atom. The number of hydrogen-bond donors (Lipinski definition) is 0. The summed E-state index contributed by atoms with van der Waals surface area (Å²) in [5.74, 6) is 0. The maximum absolute atomic E-state index is 3.19. The minimum Gasteiger partial charge on any atom is -1.00 e. The average molecular weight is 403 g/mol. The minimum atomic E-state index is 0. The summed E-state index contributed by atoms with van der Waals surface area (Å²) in [7, 11) is 0. The molecule has 0 amide bonds. The summed E-state index contributed by atoms with van der Waals surface area (Å²) < 4.78 is 2.12. The number of hydrogen-bond acceptors (Lipinski definition) is 0. The zero-order valence-electron chi connectivity index (χ0n) is 13.8. The predicted molar refractivity (Wildman–Crippen MR) is 89.7 cm³/mol. The van der Waals surface area contributed by atoms with Gasteiger partial charge in [-0.05, 0) is 17.8 Å². The van der Waals surface area contributed by atoms with Crippen LogP contribution in [0.5, 0.6) is 0 Å². The van der Waals surface area contributed by atoms with Gasteiger partial charge in [0.2, 0.25) is 0 Å². The van der Waals surface area contributed by atoms with E-state index >= 15 is 0 Å². The maximum Gasteiger partial charge on any atom is 4.00 e. The van der Waals surface area contributed by atoms with Gasteiger partial charge in [-0.1, -0.05) is 13.0 Å². The fraction of sp³-hybridized carbons (Fsp3) is 0.150. The molecule has 0 radical (unpaired) electrons. The van der Waals surface area contributed by atoms with Gasteiger partial charge in [0.25, 0.3) is 0 Å². The SMILES string of the molecule is CC1=[C-]CC=C1C.[F-].[F-].[Zr+4].c1ccc2[cH-]c(-n3cccc3)cc2c1. The molecular weight excluding hydrogens is 383 g/mol. The van der Waals surface area contributed by atoms with Gasteiger partial charge in [0.1, 0.15) is 0 Å². The van der Waals surface area contributed by atoms with Crippen molar-refractivity contribution in [2.75, 3.05) is 0 Å². The number of benzene rings is 1. The first-order valence-corrected chi connectivity index (χ1v) is 7.27. The Morgan fingerprint density at radius 1 is 1.00 bits per heavy atom. The summed E-state index contributed by atoms with van der Waals surface area (Å²) in [5, 5.41) is 2.60. The van der Waals surface area contributed by atoms with E-state index in [1.807, 2.05) is 12.1 Å². The minimum absolute atomic E-state index is 0. The molecule has 0 spiro atoms. The normalized spacial score (nSPS) is 11.9. The van der Waals surface area contributed by atoms with Crippen LogP contribution in [0.2, 0.25) is 0 Å². The van der Waals surface area contributed by atoms with Crippen molar-refractivity contribution in [3.8, 4) is 5.69 Å². The molecule has 3 aromatic rings. The molecule has 0 bridgehead atoms. The van der Waals surface area contributed by atoms with Gasteiger partial charge in [-0.15, -0.1) is 54.4 Å². The van der Waals surface area contributed by atoms with E-state index in [0.29, 0.717) is 0 Å². The Morgan fingerprint density at radius 3 is 2.17 bits per heavy atom. The monoisotopic (exact) mass is 401 g/mol. The van der Waals surface area contributed by atoms with E-state index in [1.54, 1.807) is 0 Å². The first-order chi connectivity index (χ1) is 10.2. The maximum atomic E-state index is 3.19. The van der Waals surface area contributed by atoms with E-state index < -0.39 is 0 Å². The topological polar surface area (TPSA) is 4.93 Å². The van der Waals surface area contributed by atoms with Crippen LogP contribution in [-0.2, 0) is 26.2 Å². The molecule has 0 N–H and O–H groups in total. The number of rotatable bonds is 1. The zero-order valence-corrected chi connectivity index (χ0v) is 16.2. The van der Waals surface area contributed by atoms with Gasteiger partial charge in [-0.25, -0.2) is 11.1 Å². The molecule has 1 aliphatic rings. The zero-order chi connectivity index (χ0) is 14.7. The van der Waals surface area contributed by atoms with Gasteiger partial charge >= 0.3 is 26.2 Å². The fourth-order valence-corrected chi connectivity index (χ4v) is 2.44.